The number of rotatable bonds is 5. The molecule has 0 saturated heterocycles. The monoisotopic (exact) mass is 362 g/mol. The van der Waals surface area contributed by atoms with Crippen LogP contribution in [0, 0.1) is 15.5 Å². The van der Waals surface area contributed by atoms with Crippen LogP contribution in [0.15, 0.2) is 24.3 Å². The molecule has 0 aromatic heterocycles. The number of nitro groups is 1. The molecule has 4 rings (SSSR count). The van der Waals surface area contributed by atoms with Crippen LogP contribution in [0.1, 0.15) is 45.6 Å². The minimum atomic E-state index is -1.09. The van der Waals surface area contributed by atoms with E-state index in [2.05, 4.69) is 5.32 Å². The molecule has 2 bridgehead atoms. The van der Waals surface area contributed by atoms with Crippen molar-refractivity contribution in [3.8, 4) is 0 Å². The van der Waals surface area contributed by atoms with Gasteiger partial charge in [-0.25, -0.2) is 9.59 Å². The third-order valence-electron chi connectivity index (χ3n) is 5.26. The summed E-state index contributed by atoms with van der Waals surface area (Å²) in [4.78, 5) is 34.2. The Bertz CT molecular complexity index is 762. The highest BCUT2D eigenvalue weighted by atomic mass is 16.6. The normalized spacial score (nSPS) is 27.5. The van der Waals surface area contributed by atoms with Gasteiger partial charge in [-0.1, -0.05) is 12.1 Å². The number of benzene rings is 1. The van der Waals surface area contributed by atoms with Gasteiger partial charge in [-0.3, -0.25) is 10.1 Å². The lowest BCUT2D eigenvalue weighted by Gasteiger charge is -2.72. The van der Waals surface area contributed by atoms with Crippen LogP contribution in [0.4, 0.5) is 10.5 Å². The quantitative estimate of drug-likeness (QED) is 0.614. The van der Waals surface area contributed by atoms with Gasteiger partial charge >= 0.3 is 12.1 Å². The molecule has 3 aliphatic carbocycles. The molecular weight excluding hydrogens is 340 g/mol. The summed E-state index contributed by atoms with van der Waals surface area (Å²) in [7, 11) is 0. The molecule has 0 heterocycles. The number of ether oxygens (including phenoxy) is 1. The summed E-state index contributed by atoms with van der Waals surface area (Å²) in [6.07, 6.45) is 0.981. The molecule has 0 aliphatic heterocycles. The van der Waals surface area contributed by atoms with E-state index in [0.717, 1.165) is 5.56 Å². The van der Waals surface area contributed by atoms with E-state index in [1.54, 1.807) is 32.9 Å². The van der Waals surface area contributed by atoms with Gasteiger partial charge < -0.3 is 15.2 Å². The zero-order chi connectivity index (χ0) is 19.3. The van der Waals surface area contributed by atoms with E-state index in [4.69, 9.17) is 4.74 Å². The van der Waals surface area contributed by atoms with Crippen molar-refractivity contribution in [1.29, 1.82) is 0 Å². The largest absolute Gasteiger partial charge is 0.480 e. The molecule has 8 nitrogen and oxygen atoms in total. The summed E-state index contributed by atoms with van der Waals surface area (Å²) >= 11 is 0. The van der Waals surface area contributed by atoms with Gasteiger partial charge in [0.1, 0.15) is 11.6 Å². The molecule has 140 valence electrons. The lowest BCUT2D eigenvalue weighted by atomic mass is 9.31. The highest BCUT2D eigenvalue weighted by Crippen LogP contribution is 2.75. The Morgan fingerprint density at radius 2 is 1.92 bits per heavy atom. The Hall–Kier alpha value is -2.64. The Labute approximate surface area is 150 Å². The number of carboxylic acid groups (broad SMARTS) is 1. The molecule has 8 heteroatoms. The predicted molar refractivity (Wildman–Crippen MR) is 91.9 cm³/mol. The number of hydrogen-bond acceptors (Lipinski definition) is 5. The summed E-state index contributed by atoms with van der Waals surface area (Å²) in [5.74, 6) is -1.09. The average molecular weight is 362 g/mol. The molecule has 1 aromatic carbocycles. The number of carboxylic acids is 1. The fraction of sp³-hybridized carbons (Fsp3) is 0.556. The minimum Gasteiger partial charge on any atom is -0.480 e. The number of aliphatic carboxylic acids is 1. The second-order valence-corrected chi connectivity index (χ2v) is 8.40. The molecular formula is C18H22N2O6. The Morgan fingerprint density at radius 1 is 1.31 bits per heavy atom. The standard InChI is InChI=1S/C18H22N2O6/c1-16(2,3)26-15(23)19-13(14(21)22)18-8-17(9-18,10-18)11-5-4-6-12(7-11)20(24)25/h4-7,13H,8-10H2,1-3H3,(H,19,23)(H,21,22). The minimum absolute atomic E-state index is 0.0305. The second kappa shape index (κ2) is 5.69. The van der Waals surface area contributed by atoms with E-state index in [1.165, 1.54) is 6.07 Å². The first-order valence-electron chi connectivity index (χ1n) is 8.44. The maximum absolute atomic E-state index is 12.0. The lowest BCUT2D eigenvalue weighted by molar-refractivity contribution is -0.385. The first kappa shape index (κ1) is 18.2. The van der Waals surface area contributed by atoms with E-state index in [0.29, 0.717) is 19.3 Å². The van der Waals surface area contributed by atoms with Gasteiger partial charge in [-0.15, -0.1) is 0 Å². The van der Waals surface area contributed by atoms with Crippen LogP contribution in [0.3, 0.4) is 0 Å². The van der Waals surface area contributed by atoms with Crippen molar-refractivity contribution in [2.24, 2.45) is 5.41 Å². The van der Waals surface area contributed by atoms with E-state index in [1.807, 2.05) is 6.07 Å². The summed E-state index contributed by atoms with van der Waals surface area (Å²) in [5, 5.41) is 23.0. The molecule has 1 unspecified atom stereocenters. The molecule has 3 saturated carbocycles. The number of nitro benzene ring substituents is 1. The van der Waals surface area contributed by atoms with Gasteiger partial charge in [0.15, 0.2) is 0 Å². The van der Waals surface area contributed by atoms with Crippen molar-refractivity contribution in [1.82, 2.24) is 5.32 Å². The molecule has 3 fully saturated rings. The fourth-order valence-corrected chi connectivity index (χ4v) is 4.33. The highest BCUT2D eigenvalue weighted by Gasteiger charge is 2.72. The first-order valence-corrected chi connectivity index (χ1v) is 8.44. The molecule has 0 spiro atoms. The SMILES string of the molecule is CC(C)(C)OC(=O)NC(C(=O)O)C12CC(c3cccc([N+](=O)[O-])c3)(C1)C2. The Balaban J connectivity index is 1.71. The van der Waals surface area contributed by atoms with Gasteiger partial charge in [0, 0.05) is 17.5 Å². The Morgan fingerprint density at radius 3 is 2.42 bits per heavy atom. The van der Waals surface area contributed by atoms with Crippen molar-refractivity contribution < 1.29 is 24.4 Å². The van der Waals surface area contributed by atoms with Gasteiger partial charge in [0.05, 0.1) is 4.92 Å². The molecule has 1 atom stereocenters. The number of nitrogens with zero attached hydrogens (tertiary/aromatic N) is 1. The van der Waals surface area contributed by atoms with Crippen molar-refractivity contribution in [3.05, 3.63) is 39.9 Å². The summed E-state index contributed by atoms with van der Waals surface area (Å²) < 4.78 is 5.16. The average Bonchev–Trinajstić information content (AvgIpc) is 2.41. The molecule has 1 aromatic rings. The van der Waals surface area contributed by atoms with Crippen molar-refractivity contribution in [2.45, 2.75) is 57.1 Å². The maximum atomic E-state index is 12.0. The number of non-ortho nitro benzene ring substituents is 1. The number of amides is 1. The van der Waals surface area contributed by atoms with Crippen molar-refractivity contribution in [3.63, 3.8) is 0 Å². The zero-order valence-corrected chi connectivity index (χ0v) is 14.9. The van der Waals surface area contributed by atoms with Gasteiger partial charge in [-0.2, -0.15) is 0 Å². The number of carbonyl (C=O) groups excluding carboxylic acids is 1. The smallest absolute Gasteiger partial charge is 0.408 e. The van der Waals surface area contributed by atoms with Gasteiger partial charge in [0.25, 0.3) is 5.69 Å². The van der Waals surface area contributed by atoms with Crippen LogP contribution in [0.5, 0.6) is 0 Å². The second-order valence-electron chi connectivity index (χ2n) is 8.40. The highest BCUT2D eigenvalue weighted by molar-refractivity contribution is 5.82. The molecule has 3 aliphatic rings. The van der Waals surface area contributed by atoms with E-state index >= 15 is 0 Å². The van der Waals surface area contributed by atoms with Crippen LogP contribution in [0.25, 0.3) is 0 Å². The fourth-order valence-electron chi connectivity index (χ4n) is 4.33. The topological polar surface area (TPSA) is 119 Å². The molecule has 0 radical (unpaired) electrons. The van der Waals surface area contributed by atoms with Gasteiger partial charge in [-0.05, 0) is 51.0 Å². The van der Waals surface area contributed by atoms with E-state index in [9.17, 15) is 24.8 Å². The van der Waals surface area contributed by atoms with Crippen molar-refractivity contribution >= 4 is 17.7 Å². The molecule has 26 heavy (non-hydrogen) atoms. The zero-order valence-electron chi connectivity index (χ0n) is 14.9. The predicted octanol–water partition coefficient (Wildman–Crippen LogP) is 2.99. The third kappa shape index (κ3) is 3.00. The number of hydrogen-bond donors (Lipinski definition) is 2. The number of carbonyl (C=O) groups is 2. The summed E-state index contributed by atoms with van der Waals surface area (Å²) in [5.41, 5.74) is -0.572. The lowest BCUT2D eigenvalue weighted by Crippen LogP contribution is -2.73. The van der Waals surface area contributed by atoms with Crippen LogP contribution in [-0.2, 0) is 14.9 Å². The molecule has 2 N–H and O–H groups in total. The summed E-state index contributed by atoms with van der Waals surface area (Å²) in [6, 6.07) is 5.45. The summed E-state index contributed by atoms with van der Waals surface area (Å²) in [6.45, 7) is 5.13. The van der Waals surface area contributed by atoms with Crippen LogP contribution in [-0.4, -0.2) is 33.7 Å². The Kier molecular flexibility index (Phi) is 3.97. The van der Waals surface area contributed by atoms with E-state index in [-0.39, 0.29) is 11.1 Å². The van der Waals surface area contributed by atoms with E-state index < -0.39 is 34.0 Å². The van der Waals surface area contributed by atoms with Gasteiger partial charge in [0.2, 0.25) is 0 Å². The van der Waals surface area contributed by atoms with Crippen LogP contribution in [0.2, 0.25) is 0 Å². The third-order valence-corrected chi connectivity index (χ3v) is 5.26. The number of nitrogens with one attached hydrogen (secondary N) is 1. The van der Waals surface area contributed by atoms with Crippen LogP contribution >= 0.6 is 0 Å². The first-order chi connectivity index (χ1) is 12.0. The number of alkyl carbamates (subject to hydrolysis) is 1. The van der Waals surface area contributed by atoms with Crippen LogP contribution < -0.4 is 5.32 Å². The molecule has 1 amide bonds. The maximum Gasteiger partial charge on any atom is 0.408 e. The van der Waals surface area contributed by atoms with Crippen molar-refractivity contribution in [2.75, 3.05) is 0 Å².